The second-order valence-electron chi connectivity index (χ2n) is 3.19. The number of pyridine rings is 1. The third kappa shape index (κ3) is 3.34. The first-order valence-corrected chi connectivity index (χ1v) is 4.62. The first kappa shape index (κ1) is 13.7. The van der Waals surface area contributed by atoms with Gasteiger partial charge in [-0.15, -0.1) is 0 Å². The number of rotatable bonds is 3. The number of nitrogens with zero attached hydrogens (tertiary/aromatic N) is 2. The van der Waals surface area contributed by atoms with Crippen LogP contribution in [-0.4, -0.2) is 28.5 Å². The summed E-state index contributed by atoms with van der Waals surface area (Å²) in [6.07, 6.45) is -2.93. The lowest BCUT2D eigenvalue weighted by atomic mass is 10.1. The number of halogens is 3. The number of nitrogens with two attached hydrogens (primary N) is 1. The second-order valence-corrected chi connectivity index (χ2v) is 3.19. The third-order valence-electron chi connectivity index (χ3n) is 1.93. The van der Waals surface area contributed by atoms with Gasteiger partial charge in [0.25, 0.3) is 5.91 Å². The van der Waals surface area contributed by atoms with Crippen molar-refractivity contribution in [2.75, 3.05) is 6.54 Å². The highest BCUT2D eigenvalue weighted by Gasteiger charge is 2.35. The summed E-state index contributed by atoms with van der Waals surface area (Å²) >= 11 is 0. The van der Waals surface area contributed by atoms with Crippen molar-refractivity contribution in [1.82, 2.24) is 10.3 Å². The van der Waals surface area contributed by atoms with Crippen LogP contribution in [-0.2, 0) is 6.18 Å². The standard InChI is InChI=1S/C9H9F3N4O2/c10-9(11,12)6-1-2-14-3-5(6)8(17)15-4-7(13)16-18/h1-3,18H,4H2,(H2,13,16)(H,15,17). The number of oxime groups is 1. The average Bonchev–Trinajstić information content (AvgIpc) is 2.34. The topological polar surface area (TPSA) is 101 Å². The number of hydrogen-bond donors (Lipinski definition) is 3. The number of carbonyl (C=O) groups excluding carboxylic acids is 1. The molecule has 0 aliphatic rings. The predicted molar refractivity (Wildman–Crippen MR) is 55.0 cm³/mol. The minimum Gasteiger partial charge on any atom is -0.409 e. The van der Waals surface area contributed by atoms with Gasteiger partial charge in [0.1, 0.15) is 0 Å². The highest BCUT2D eigenvalue weighted by molar-refractivity contribution is 5.98. The minimum absolute atomic E-state index is 0.333. The molecule has 9 heteroatoms. The molecule has 4 N–H and O–H groups in total. The molecule has 1 heterocycles. The largest absolute Gasteiger partial charge is 0.417 e. The zero-order valence-electron chi connectivity index (χ0n) is 8.90. The molecule has 0 spiro atoms. The maximum Gasteiger partial charge on any atom is 0.417 e. The fourth-order valence-corrected chi connectivity index (χ4v) is 1.12. The van der Waals surface area contributed by atoms with Gasteiger partial charge in [0.15, 0.2) is 5.84 Å². The maximum absolute atomic E-state index is 12.6. The van der Waals surface area contributed by atoms with E-state index in [9.17, 15) is 18.0 Å². The Morgan fingerprint density at radius 1 is 1.56 bits per heavy atom. The highest BCUT2D eigenvalue weighted by Crippen LogP contribution is 2.31. The van der Waals surface area contributed by atoms with E-state index in [1.165, 1.54) is 0 Å². The van der Waals surface area contributed by atoms with Gasteiger partial charge in [-0.2, -0.15) is 13.2 Å². The van der Waals surface area contributed by atoms with E-state index in [1.54, 1.807) is 0 Å². The number of hydrogen-bond acceptors (Lipinski definition) is 4. The summed E-state index contributed by atoms with van der Waals surface area (Å²) in [6.45, 7) is -0.373. The predicted octanol–water partition coefficient (Wildman–Crippen LogP) is 0.577. The molecule has 0 fully saturated rings. The molecule has 0 aromatic carbocycles. The van der Waals surface area contributed by atoms with Crippen LogP contribution in [0.15, 0.2) is 23.6 Å². The van der Waals surface area contributed by atoms with Crippen LogP contribution in [0.1, 0.15) is 15.9 Å². The molecule has 0 bridgehead atoms. The first-order chi connectivity index (χ1) is 8.36. The van der Waals surface area contributed by atoms with Crippen LogP contribution in [0.2, 0.25) is 0 Å². The molecule has 1 aromatic rings. The zero-order valence-corrected chi connectivity index (χ0v) is 8.90. The van der Waals surface area contributed by atoms with Crippen molar-refractivity contribution in [2.24, 2.45) is 10.9 Å². The molecule has 0 unspecified atom stereocenters. The van der Waals surface area contributed by atoms with Crippen molar-refractivity contribution in [1.29, 1.82) is 0 Å². The highest BCUT2D eigenvalue weighted by atomic mass is 19.4. The Bertz CT molecular complexity index is 473. The molecular weight excluding hydrogens is 253 g/mol. The quantitative estimate of drug-likeness (QED) is 0.321. The monoisotopic (exact) mass is 262 g/mol. The number of carbonyl (C=O) groups is 1. The van der Waals surface area contributed by atoms with E-state index in [2.05, 4.69) is 15.5 Å². The molecule has 1 amide bonds. The Morgan fingerprint density at radius 3 is 2.78 bits per heavy atom. The summed E-state index contributed by atoms with van der Waals surface area (Å²) in [5, 5.41) is 12.9. The van der Waals surface area contributed by atoms with Gasteiger partial charge < -0.3 is 16.3 Å². The second kappa shape index (κ2) is 5.34. The molecule has 0 radical (unpaired) electrons. The van der Waals surface area contributed by atoms with Crippen molar-refractivity contribution in [2.45, 2.75) is 6.18 Å². The SMILES string of the molecule is NC(CNC(=O)c1cnccc1C(F)(F)F)=NO. The summed E-state index contributed by atoms with van der Waals surface area (Å²) in [5.74, 6) is -1.34. The Kier molecular flexibility index (Phi) is 4.08. The first-order valence-electron chi connectivity index (χ1n) is 4.62. The average molecular weight is 262 g/mol. The van der Waals surface area contributed by atoms with Crippen LogP contribution in [0.25, 0.3) is 0 Å². The molecule has 0 atom stereocenters. The lowest BCUT2D eigenvalue weighted by Crippen LogP contribution is -2.34. The van der Waals surface area contributed by atoms with Crippen LogP contribution in [0.3, 0.4) is 0 Å². The molecule has 0 saturated heterocycles. The Hall–Kier alpha value is -2.32. The minimum atomic E-state index is -4.66. The van der Waals surface area contributed by atoms with E-state index in [0.29, 0.717) is 6.07 Å². The van der Waals surface area contributed by atoms with Gasteiger partial charge in [-0.05, 0) is 6.07 Å². The zero-order chi connectivity index (χ0) is 13.8. The fraction of sp³-hybridized carbons (Fsp3) is 0.222. The van der Waals surface area contributed by atoms with Gasteiger partial charge in [-0.25, -0.2) is 0 Å². The Morgan fingerprint density at radius 2 is 2.22 bits per heavy atom. The fourth-order valence-electron chi connectivity index (χ4n) is 1.12. The van der Waals surface area contributed by atoms with Gasteiger partial charge >= 0.3 is 6.18 Å². The number of alkyl halides is 3. The molecule has 0 saturated carbocycles. The van der Waals surface area contributed by atoms with Gasteiger partial charge in [-0.1, -0.05) is 5.16 Å². The van der Waals surface area contributed by atoms with Gasteiger partial charge in [0, 0.05) is 12.4 Å². The van der Waals surface area contributed by atoms with E-state index < -0.39 is 23.2 Å². The molecule has 98 valence electrons. The van der Waals surface area contributed by atoms with E-state index in [0.717, 1.165) is 12.4 Å². The lowest BCUT2D eigenvalue weighted by Gasteiger charge is -2.11. The smallest absolute Gasteiger partial charge is 0.409 e. The summed E-state index contributed by atoms with van der Waals surface area (Å²) in [7, 11) is 0. The van der Waals surface area contributed by atoms with Gasteiger partial charge in [-0.3, -0.25) is 9.78 Å². The van der Waals surface area contributed by atoms with Crippen LogP contribution in [0.4, 0.5) is 13.2 Å². The molecule has 1 rings (SSSR count). The molecule has 6 nitrogen and oxygen atoms in total. The summed E-state index contributed by atoms with van der Waals surface area (Å²) in [4.78, 5) is 14.9. The van der Waals surface area contributed by atoms with Crippen molar-refractivity contribution in [3.05, 3.63) is 29.6 Å². The Labute approximate surface area is 99.3 Å². The van der Waals surface area contributed by atoms with Crippen molar-refractivity contribution in [3.8, 4) is 0 Å². The normalized spacial score (nSPS) is 12.3. The number of nitrogens with one attached hydrogen (secondary N) is 1. The van der Waals surface area contributed by atoms with Crippen molar-refractivity contribution >= 4 is 11.7 Å². The van der Waals surface area contributed by atoms with Crippen LogP contribution < -0.4 is 11.1 Å². The van der Waals surface area contributed by atoms with Gasteiger partial charge in [0.2, 0.25) is 0 Å². The van der Waals surface area contributed by atoms with Crippen LogP contribution >= 0.6 is 0 Å². The number of aromatic nitrogens is 1. The number of amides is 1. The lowest BCUT2D eigenvalue weighted by molar-refractivity contribution is -0.138. The summed E-state index contributed by atoms with van der Waals surface area (Å²) < 4.78 is 37.7. The molecular formula is C9H9F3N4O2. The third-order valence-corrected chi connectivity index (χ3v) is 1.93. The van der Waals surface area contributed by atoms with Gasteiger partial charge in [0.05, 0.1) is 17.7 Å². The maximum atomic E-state index is 12.6. The van der Waals surface area contributed by atoms with E-state index in [4.69, 9.17) is 10.9 Å². The molecule has 18 heavy (non-hydrogen) atoms. The number of amidine groups is 1. The molecule has 0 aliphatic heterocycles. The Balaban J connectivity index is 2.93. The summed E-state index contributed by atoms with van der Waals surface area (Å²) in [6, 6.07) is 0.693. The summed E-state index contributed by atoms with van der Waals surface area (Å²) in [5.41, 5.74) is 3.34. The van der Waals surface area contributed by atoms with E-state index in [1.807, 2.05) is 0 Å². The van der Waals surface area contributed by atoms with Crippen LogP contribution in [0.5, 0.6) is 0 Å². The van der Waals surface area contributed by atoms with E-state index in [-0.39, 0.29) is 12.4 Å². The molecule has 1 aromatic heterocycles. The van der Waals surface area contributed by atoms with Crippen molar-refractivity contribution < 1.29 is 23.2 Å². The molecule has 0 aliphatic carbocycles. The van der Waals surface area contributed by atoms with Crippen LogP contribution in [0, 0.1) is 0 Å². The van der Waals surface area contributed by atoms with Crippen molar-refractivity contribution in [3.63, 3.8) is 0 Å². The van der Waals surface area contributed by atoms with E-state index >= 15 is 0 Å².